The van der Waals surface area contributed by atoms with Crippen LogP contribution in [0.5, 0.6) is 0 Å². The van der Waals surface area contributed by atoms with E-state index in [-0.39, 0.29) is 36.1 Å². The van der Waals surface area contributed by atoms with E-state index in [2.05, 4.69) is 0 Å². The number of likely N-dealkylation sites (tertiary alicyclic amines) is 1. The van der Waals surface area contributed by atoms with Crippen LogP contribution in [-0.4, -0.2) is 65.1 Å². The van der Waals surface area contributed by atoms with E-state index in [1.807, 2.05) is 37.3 Å². The molecule has 3 amide bonds. The quantitative estimate of drug-likeness (QED) is 0.734. The molecule has 0 spiro atoms. The Labute approximate surface area is 187 Å². The molecule has 2 fully saturated rings. The standard InChI is InChI=1S/C24H26ClN3O3/c1-17(18-7-3-2-4-8-18)28-16-19(15-22(28)29)23(30)26-11-13-27(14-12-26)24(31)20-9-5-6-10-21(20)25/h2-10,17,19H,11-16H2,1H3/t17-,19-/m0/s1. The number of amides is 3. The number of benzene rings is 2. The summed E-state index contributed by atoms with van der Waals surface area (Å²) >= 11 is 6.15. The number of rotatable bonds is 4. The lowest BCUT2D eigenvalue weighted by Gasteiger charge is -2.36. The fraction of sp³-hybridized carbons (Fsp3) is 0.375. The van der Waals surface area contributed by atoms with Gasteiger partial charge in [-0.1, -0.05) is 54.1 Å². The molecule has 6 nitrogen and oxygen atoms in total. The van der Waals surface area contributed by atoms with Crippen molar-refractivity contribution in [1.82, 2.24) is 14.7 Å². The topological polar surface area (TPSA) is 60.9 Å². The molecule has 4 rings (SSSR count). The van der Waals surface area contributed by atoms with Crippen LogP contribution in [-0.2, 0) is 9.59 Å². The third kappa shape index (κ3) is 4.44. The van der Waals surface area contributed by atoms with Crippen LogP contribution in [0.1, 0.15) is 35.3 Å². The highest BCUT2D eigenvalue weighted by Crippen LogP contribution is 2.29. The molecule has 0 bridgehead atoms. The normalized spacial score (nSPS) is 20.1. The van der Waals surface area contributed by atoms with Gasteiger partial charge < -0.3 is 14.7 Å². The van der Waals surface area contributed by atoms with Crippen molar-refractivity contribution < 1.29 is 14.4 Å². The summed E-state index contributed by atoms with van der Waals surface area (Å²) in [7, 11) is 0. The van der Waals surface area contributed by atoms with Gasteiger partial charge in [0.25, 0.3) is 5.91 Å². The first-order valence-corrected chi connectivity index (χ1v) is 11.0. The van der Waals surface area contributed by atoms with Gasteiger partial charge in [0.05, 0.1) is 22.5 Å². The monoisotopic (exact) mass is 439 g/mol. The molecule has 2 heterocycles. The molecule has 2 aliphatic rings. The van der Waals surface area contributed by atoms with Crippen molar-refractivity contribution in [2.45, 2.75) is 19.4 Å². The minimum atomic E-state index is -0.329. The van der Waals surface area contributed by atoms with E-state index in [4.69, 9.17) is 11.6 Å². The van der Waals surface area contributed by atoms with E-state index >= 15 is 0 Å². The van der Waals surface area contributed by atoms with Crippen molar-refractivity contribution >= 4 is 29.3 Å². The molecule has 2 saturated heterocycles. The van der Waals surface area contributed by atoms with Crippen molar-refractivity contribution in [3.8, 4) is 0 Å². The first-order chi connectivity index (χ1) is 15.0. The van der Waals surface area contributed by atoms with Crippen LogP contribution in [0.15, 0.2) is 54.6 Å². The molecule has 0 radical (unpaired) electrons. The summed E-state index contributed by atoms with van der Waals surface area (Å²) in [5.41, 5.74) is 1.55. The third-order valence-corrected chi connectivity index (χ3v) is 6.57. The van der Waals surface area contributed by atoms with Crippen LogP contribution in [0.4, 0.5) is 0 Å². The molecule has 0 N–H and O–H groups in total. The van der Waals surface area contributed by atoms with Gasteiger partial charge in [-0.05, 0) is 24.6 Å². The zero-order chi connectivity index (χ0) is 22.0. The average molecular weight is 440 g/mol. The summed E-state index contributed by atoms with van der Waals surface area (Å²) in [4.78, 5) is 43.7. The molecule has 0 aromatic heterocycles. The van der Waals surface area contributed by atoms with Gasteiger partial charge in [0.2, 0.25) is 11.8 Å². The summed E-state index contributed by atoms with van der Waals surface area (Å²) in [6.07, 6.45) is 0.245. The summed E-state index contributed by atoms with van der Waals surface area (Å²) < 4.78 is 0. The van der Waals surface area contributed by atoms with Crippen LogP contribution in [0.2, 0.25) is 5.02 Å². The SMILES string of the molecule is C[C@@H](c1ccccc1)N1C[C@@H](C(=O)N2CCN(C(=O)c3ccccc3Cl)CC2)CC1=O. The maximum atomic E-state index is 13.1. The number of hydrogen-bond acceptors (Lipinski definition) is 3. The fourth-order valence-electron chi connectivity index (χ4n) is 4.38. The summed E-state index contributed by atoms with van der Waals surface area (Å²) in [5.74, 6) is -0.427. The Morgan fingerprint density at radius 2 is 1.55 bits per heavy atom. The Bertz CT molecular complexity index is 973. The highest BCUT2D eigenvalue weighted by atomic mass is 35.5. The number of piperazine rings is 1. The lowest BCUT2D eigenvalue weighted by molar-refractivity contribution is -0.137. The number of hydrogen-bond donors (Lipinski definition) is 0. The van der Waals surface area contributed by atoms with Gasteiger partial charge in [0.15, 0.2) is 0 Å². The molecular weight excluding hydrogens is 414 g/mol. The van der Waals surface area contributed by atoms with Gasteiger partial charge in [-0.3, -0.25) is 14.4 Å². The highest BCUT2D eigenvalue weighted by Gasteiger charge is 2.39. The molecule has 2 aromatic carbocycles. The maximum absolute atomic E-state index is 13.1. The predicted molar refractivity (Wildman–Crippen MR) is 119 cm³/mol. The van der Waals surface area contributed by atoms with E-state index in [0.717, 1.165) is 5.56 Å². The Balaban J connectivity index is 1.34. The van der Waals surface area contributed by atoms with Gasteiger partial charge >= 0.3 is 0 Å². The first-order valence-electron chi connectivity index (χ1n) is 10.6. The van der Waals surface area contributed by atoms with Gasteiger partial charge in [-0.15, -0.1) is 0 Å². The van der Waals surface area contributed by atoms with Gasteiger partial charge in [-0.2, -0.15) is 0 Å². The second-order valence-electron chi connectivity index (χ2n) is 8.13. The molecule has 0 aliphatic carbocycles. The minimum Gasteiger partial charge on any atom is -0.339 e. The molecule has 31 heavy (non-hydrogen) atoms. The van der Waals surface area contributed by atoms with Crippen LogP contribution in [0.25, 0.3) is 0 Å². The lowest BCUT2D eigenvalue weighted by Crippen LogP contribution is -2.52. The average Bonchev–Trinajstić information content (AvgIpc) is 3.20. The van der Waals surface area contributed by atoms with Crippen molar-refractivity contribution in [3.05, 3.63) is 70.7 Å². The first kappa shape index (κ1) is 21.4. The van der Waals surface area contributed by atoms with Crippen LogP contribution >= 0.6 is 11.6 Å². The smallest absolute Gasteiger partial charge is 0.255 e. The fourth-order valence-corrected chi connectivity index (χ4v) is 4.59. The van der Waals surface area contributed by atoms with E-state index in [1.165, 1.54) is 0 Å². The van der Waals surface area contributed by atoms with Gasteiger partial charge in [-0.25, -0.2) is 0 Å². The Hall–Kier alpha value is -2.86. The summed E-state index contributed by atoms with van der Waals surface area (Å²) in [6.45, 7) is 4.29. The van der Waals surface area contributed by atoms with Crippen molar-refractivity contribution in [1.29, 1.82) is 0 Å². The van der Waals surface area contributed by atoms with E-state index in [9.17, 15) is 14.4 Å². The van der Waals surface area contributed by atoms with E-state index in [0.29, 0.717) is 43.3 Å². The minimum absolute atomic E-state index is 0.000883. The van der Waals surface area contributed by atoms with Gasteiger partial charge in [0, 0.05) is 39.1 Å². The lowest BCUT2D eigenvalue weighted by atomic mass is 10.1. The molecule has 162 valence electrons. The third-order valence-electron chi connectivity index (χ3n) is 6.24. The maximum Gasteiger partial charge on any atom is 0.255 e. The molecule has 2 aliphatic heterocycles. The van der Waals surface area contributed by atoms with Crippen molar-refractivity contribution in [2.75, 3.05) is 32.7 Å². The Kier molecular flexibility index (Phi) is 6.28. The number of carbonyl (C=O) groups is 3. The van der Waals surface area contributed by atoms with E-state index < -0.39 is 0 Å². The zero-order valence-corrected chi connectivity index (χ0v) is 18.3. The summed E-state index contributed by atoms with van der Waals surface area (Å²) in [6, 6.07) is 16.8. The second kappa shape index (κ2) is 9.10. The Morgan fingerprint density at radius 1 is 0.935 bits per heavy atom. The Morgan fingerprint density at radius 3 is 2.23 bits per heavy atom. The number of carbonyl (C=O) groups excluding carboxylic acids is 3. The van der Waals surface area contributed by atoms with Crippen LogP contribution < -0.4 is 0 Å². The summed E-state index contributed by atoms with van der Waals surface area (Å²) in [5, 5.41) is 0.433. The van der Waals surface area contributed by atoms with Crippen LogP contribution in [0.3, 0.4) is 0 Å². The van der Waals surface area contributed by atoms with Crippen molar-refractivity contribution in [3.63, 3.8) is 0 Å². The van der Waals surface area contributed by atoms with Gasteiger partial charge in [0.1, 0.15) is 0 Å². The highest BCUT2D eigenvalue weighted by molar-refractivity contribution is 6.33. The molecule has 0 saturated carbocycles. The number of halogens is 1. The molecule has 0 unspecified atom stereocenters. The largest absolute Gasteiger partial charge is 0.339 e. The molecule has 7 heteroatoms. The molecule has 2 aromatic rings. The zero-order valence-electron chi connectivity index (χ0n) is 17.5. The van der Waals surface area contributed by atoms with E-state index in [1.54, 1.807) is 39.0 Å². The van der Waals surface area contributed by atoms with Crippen molar-refractivity contribution in [2.24, 2.45) is 5.92 Å². The predicted octanol–water partition coefficient (Wildman–Crippen LogP) is 3.23. The number of nitrogens with zero attached hydrogens (tertiary/aromatic N) is 3. The molecule has 2 atom stereocenters. The molecular formula is C24H26ClN3O3. The second-order valence-corrected chi connectivity index (χ2v) is 8.54. The van der Waals surface area contributed by atoms with Crippen LogP contribution in [0, 0.1) is 5.92 Å².